The van der Waals surface area contributed by atoms with Crippen molar-refractivity contribution in [2.75, 3.05) is 13.7 Å². The van der Waals surface area contributed by atoms with Crippen molar-refractivity contribution in [3.63, 3.8) is 0 Å². The Kier molecular flexibility index (Phi) is 5.01. The van der Waals surface area contributed by atoms with E-state index in [9.17, 15) is 4.79 Å². The van der Waals surface area contributed by atoms with Crippen molar-refractivity contribution in [2.45, 2.75) is 32.8 Å². The van der Waals surface area contributed by atoms with Crippen LogP contribution in [0, 0.1) is 0 Å². The molecule has 0 fully saturated rings. The summed E-state index contributed by atoms with van der Waals surface area (Å²) in [7, 11) is 1.58. The molecule has 100 valence electrons. The Bertz CT molecular complexity index is 393. The molecule has 0 amide bonds. The molecule has 4 heteroatoms. The van der Waals surface area contributed by atoms with Crippen molar-refractivity contribution >= 4 is 5.97 Å². The maximum Gasteiger partial charge on any atom is 0.309 e. The van der Waals surface area contributed by atoms with Gasteiger partial charge in [0.2, 0.25) is 0 Å². The quantitative estimate of drug-likeness (QED) is 0.756. The summed E-state index contributed by atoms with van der Waals surface area (Å²) in [5, 5.41) is 0. The Morgan fingerprint density at radius 2 is 1.78 bits per heavy atom. The molecule has 0 aromatic heterocycles. The van der Waals surface area contributed by atoms with E-state index < -0.39 is 5.60 Å². The highest BCUT2D eigenvalue weighted by molar-refractivity contribution is 5.70. The number of hydrogen-bond acceptors (Lipinski definition) is 4. The number of carbonyl (C=O) groups is 1. The zero-order chi connectivity index (χ0) is 13.6. The summed E-state index contributed by atoms with van der Waals surface area (Å²) in [5.74, 6) is 1.02. The third kappa shape index (κ3) is 5.08. The van der Waals surface area contributed by atoms with Gasteiger partial charge >= 0.3 is 5.97 Å². The molecule has 18 heavy (non-hydrogen) atoms. The van der Waals surface area contributed by atoms with Crippen molar-refractivity contribution in [3.8, 4) is 11.5 Å². The third-order valence-electron chi connectivity index (χ3n) is 2.05. The fourth-order valence-electron chi connectivity index (χ4n) is 1.37. The summed E-state index contributed by atoms with van der Waals surface area (Å²) in [6.45, 7) is 5.79. The van der Waals surface area contributed by atoms with Gasteiger partial charge in [0.15, 0.2) is 11.5 Å². The van der Waals surface area contributed by atoms with E-state index in [0.29, 0.717) is 11.5 Å². The average molecular weight is 252 g/mol. The van der Waals surface area contributed by atoms with Crippen LogP contribution >= 0.6 is 0 Å². The van der Waals surface area contributed by atoms with Crippen LogP contribution in [0.1, 0.15) is 27.2 Å². The lowest BCUT2D eigenvalue weighted by atomic mass is 10.2. The van der Waals surface area contributed by atoms with Crippen molar-refractivity contribution in [2.24, 2.45) is 0 Å². The summed E-state index contributed by atoms with van der Waals surface area (Å²) in [6.07, 6.45) is 0.218. The molecule has 0 aliphatic carbocycles. The van der Waals surface area contributed by atoms with Crippen molar-refractivity contribution < 1.29 is 19.0 Å². The highest BCUT2D eigenvalue weighted by Gasteiger charge is 2.16. The Balaban J connectivity index is 2.40. The van der Waals surface area contributed by atoms with Crippen LogP contribution < -0.4 is 9.47 Å². The zero-order valence-corrected chi connectivity index (χ0v) is 11.4. The molecule has 0 aliphatic heterocycles. The van der Waals surface area contributed by atoms with Crippen molar-refractivity contribution in [1.82, 2.24) is 0 Å². The van der Waals surface area contributed by atoms with E-state index in [0.717, 1.165) is 0 Å². The number of hydrogen-bond donors (Lipinski definition) is 0. The summed E-state index contributed by atoms with van der Waals surface area (Å²) in [5.41, 5.74) is -0.457. The Morgan fingerprint density at radius 3 is 2.33 bits per heavy atom. The minimum Gasteiger partial charge on any atom is -0.493 e. The van der Waals surface area contributed by atoms with Gasteiger partial charge in [-0.2, -0.15) is 0 Å². The third-order valence-corrected chi connectivity index (χ3v) is 2.05. The number of methoxy groups -OCH3 is 1. The van der Waals surface area contributed by atoms with Crippen LogP contribution in [0.2, 0.25) is 0 Å². The van der Waals surface area contributed by atoms with Crippen LogP contribution in [0.15, 0.2) is 24.3 Å². The van der Waals surface area contributed by atoms with Gasteiger partial charge in [-0.25, -0.2) is 0 Å². The Hall–Kier alpha value is -1.71. The first-order valence-corrected chi connectivity index (χ1v) is 5.90. The normalized spacial score (nSPS) is 10.9. The number of para-hydroxylation sites is 2. The number of benzene rings is 1. The van der Waals surface area contributed by atoms with Gasteiger partial charge in [-0.15, -0.1) is 0 Å². The van der Waals surface area contributed by atoms with Crippen molar-refractivity contribution in [3.05, 3.63) is 24.3 Å². The van der Waals surface area contributed by atoms with Gasteiger partial charge in [0.1, 0.15) is 5.60 Å². The van der Waals surface area contributed by atoms with E-state index in [2.05, 4.69) is 0 Å². The fraction of sp³-hybridized carbons (Fsp3) is 0.500. The smallest absolute Gasteiger partial charge is 0.309 e. The second kappa shape index (κ2) is 6.28. The fourth-order valence-corrected chi connectivity index (χ4v) is 1.37. The lowest BCUT2D eigenvalue weighted by Gasteiger charge is -2.19. The first-order chi connectivity index (χ1) is 8.42. The van der Waals surface area contributed by atoms with E-state index in [4.69, 9.17) is 14.2 Å². The number of ether oxygens (including phenoxy) is 3. The number of esters is 1. The molecule has 4 nitrogen and oxygen atoms in total. The standard InChI is InChI=1S/C14H20O4/c1-14(2,3)18-13(15)9-10-17-12-8-6-5-7-11(12)16-4/h5-8H,9-10H2,1-4H3. The molecular weight excluding hydrogens is 232 g/mol. The molecule has 1 rings (SSSR count). The monoisotopic (exact) mass is 252 g/mol. The topological polar surface area (TPSA) is 44.8 Å². The van der Waals surface area contributed by atoms with Crippen LogP contribution in [0.3, 0.4) is 0 Å². The lowest BCUT2D eigenvalue weighted by molar-refractivity contribution is -0.155. The van der Waals surface area contributed by atoms with Crippen LogP contribution in [0.5, 0.6) is 11.5 Å². The highest BCUT2D eigenvalue weighted by Crippen LogP contribution is 2.25. The number of rotatable bonds is 5. The summed E-state index contributed by atoms with van der Waals surface area (Å²) >= 11 is 0. The molecule has 0 heterocycles. The molecule has 0 unspecified atom stereocenters. The predicted octanol–water partition coefficient (Wildman–Crippen LogP) is 2.81. The second-order valence-corrected chi connectivity index (χ2v) is 4.84. The molecule has 0 saturated carbocycles. The largest absolute Gasteiger partial charge is 0.493 e. The first kappa shape index (κ1) is 14.4. The first-order valence-electron chi connectivity index (χ1n) is 5.90. The SMILES string of the molecule is COc1ccccc1OCCC(=O)OC(C)(C)C. The van der Waals surface area contributed by atoms with E-state index in [1.807, 2.05) is 39.0 Å². The van der Waals surface area contributed by atoms with E-state index in [1.54, 1.807) is 13.2 Å². The maximum atomic E-state index is 11.5. The van der Waals surface area contributed by atoms with Crippen LogP contribution in [-0.2, 0) is 9.53 Å². The zero-order valence-electron chi connectivity index (χ0n) is 11.4. The van der Waals surface area contributed by atoms with Gasteiger partial charge in [-0.05, 0) is 32.9 Å². The molecule has 0 spiro atoms. The van der Waals surface area contributed by atoms with Crippen LogP contribution in [0.25, 0.3) is 0 Å². The van der Waals surface area contributed by atoms with Crippen molar-refractivity contribution in [1.29, 1.82) is 0 Å². The molecule has 0 radical (unpaired) electrons. The molecule has 1 aromatic carbocycles. The van der Waals surface area contributed by atoms with Crippen LogP contribution in [0.4, 0.5) is 0 Å². The molecule has 0 atom stereocenters. The van der Waals surface area contributed by atoms with Gasteiger partial charge in [0, 0.05) is 0 Å². The van der Waals surface area contributed by atoms with Gasteiger partial charge < -0.3 is 14.2 Å². The number of carbonyl (C=O) groups excluding carboxylic acids is 1. The predicted molar refractivity (Wildman–Crippen MR) is 69.0 cm³/mol. The van der Waals surface area contributed by atoms with E-state index in [-0.39, 0.29) is 19.0 Å². The maximum absolute atomic E-state index is 11.5. The Labute approximate surface area is 108 Å². The van der Waals surface area contributed by atoms with Gasteiger partial charge in [-0.1, -0.05) is 12.1 Å². The second-order valence-electron chi connectivity index (χ2n) is 4.84. The molecule has 0 N–H and O–H groups in total. The minimum absolute atomic E-state index is 0.218. The van der Waals surface area contributed by atoms with Crippen LogP contribution in [-0.4, -0.2) is 25.3 Å². The highest BCUT2D eigenvalue weighted by atomic mass is 16.6. The molecule has 0 bridgehead atoms. The van der Waals surface area contributed by atoms with Gasteiger partial charge in [0.05, 0.1) is 20.1 Å². The lowest BCUT2D eigenvalue weighted by Crippen LogP contribution is -2.24. The molecule has 1 aromatic rings. The summed E-state index contributed by atoms with van der Waals surface area (Å²) in [4.78, 5) is 11.5. The Morgan fingerprint density at radius 1 is 1.17 bits per heavy atom. The van der Waals surface area contributed by atoms with Gasteiger partial charge in [-0.3, -0.25) is 4.79 Å². The average Bonchev–Trinajstić information content (AvgIpc) is 2.27. The molecular formula is C14H20O4. The van der Waals surface area contributed by atoms with Gasteiger partial charge in [0.25, 0.3) is 0 Å². The molecule has 0 saturated heterocycles. The summed E-state index contributed by atoms with van der Waals surface area (Å²) < 4.78 is 15.8. The van der Waals surface area contributed by atoms with E-state index in [1.165, 1.54) is 0 Å². The van der Waals surface area contributed by atoms with E-state index >= 15 is 0 Å². The molecule has 0 aliphatic rings. The summed E-state index contributed by atoms with van der Waals surface area (Å²) in [6, 6.07) is 7.32. The minimum atomic E-state index is -0.457.